The molecule has 1 amide bonds. The molecule has 2 aromatic rings. The molecule has 1 saturated heterocycles. The van der Waals surface area contributed by atoms with Crippen molar-refractivity contribution >= 4 is 46.8 Å². The Morgan fingerprint density at radius 1 is 1.29 bits per heavy atom. The molecule has 1 unspecified atom stereocenters. The van der Waals surface area contributed by atoms with Crippen molar-refractivity contribution in [2.24, 2.45) is 0 Å². The maximum Gasteiger partial charge on any atom is 0.410 e. The fraction of sp³-hybridized carbons (Fsp3) is 0.519. The first-order valence-electron chi connectivity index (χ1n) is 13.1. The lowest BCUT2D eigenvalue weighted by Crippen LogP contribution is -2.56. The highest BCUT2D eigenvalue weighted by atomic mass is 35.5. The molecule has 2 atom stereocenters. The number of amides is 1. The van der Waals surface area contributed by atoms with E-state index in [1.807, 2.05) is 6.07 Å². The van der Waals surface area contributed by atoms with E-state index in [1.54, 1.807) is 25.7 Å². The molecule has 4 rings (SSSR count). The van der Waals surface area contributed by atoms with E-state index in [2.05, 4.69) is 9.97 Å². The molecule has 0 spiro atoms. The molecule has 1 aromatic carbocycles. The van der Waals surface area contributed by atoms with E-state index < -0.39 is 45.5 Å². The van der Waals surface area contributed by atoms with Crippen molar-refractivity contribution in [1.82, 2.24) is 14.9 Å². The highest BCUT2D eigenvalue weighted by Crippen LogP contribution is 2.47. The summed E-state index contributed by atoms with van der Waals surface area (Å²) in [5, 5.41) is 21.5. The summed E-state index contributed by atoms with van der Waals surface area (Å²) in [6.45, 7) is 5.42. The van der Waals surface area contributed by atoms with Crippen LogP contribution in [0.15, 0.2) is 12.1 Å². The van der Waals surface area contributed by atoms with E-state index in [0.29, 0.717) is 11.1 Å². The zero-order valence-corrected chi connectivity index (χ0v) is 25.0. The normalized spacial score (nSPS) is 20.1. The van der Waals surface area contributed by atoms with E-state index in [1.165, 1.54) is 18.1 Å². The van der Waals surface area contributed by atoms with Crippen LogP contribution in [0.4, 0.5) is 20.7 Å². The molecule has 42 heavy (non-hydrogen) atoms. The van der Waals surface area contributed by atoms with Gasteiger partial charge in [0.1, 0.15) is 17.1 Å². The van der Waals surface area contributed by atoms with E-state index in [0.717, 1.165) is 6.07 Å². The van der Waals surface area contributed by atoms with Gasteiger partial charge in [0.05, 0.1) is 41.0 Å². The van der Waals surface area contributed by atoms with Crippen LogP contribution in [0.5, 0.6) is 0 Å². The van der Waals surface area contributed by atoms with Crippen molar-refractivity contribution in [3.63, 3.8) is 0 Å². The first-order valence-corrected chi connectivity index (χ1v) is 13.9. The standard InChI is InChI=1S/C27H29Cl2FN6O6/c1-26(2,3)42-25(38)35-12-11-34(14-15(35)8-10-31)22-21(36(39)40)19(32-24(29)33-22)13-27(23(37)41-4)9-7-16-17(27)5-6-18(30)20(16)28/h5-6,15H,7-9,11-14H2,1-4H3/t15-,27?/m0/s1. The van der Waals surface area contributed by atoms with Crippen molar-refractivity contribution in [1.29, 1.82) is 5.26 Å². The molecule has 12 nitrogen and oxygen atoms in total. The van der Waals surface area contributed by atoms with E-state index in [4.69, 9.17) is 32.7 Å². The summed E-state index contributed by atoms with van der Waals surface area (Å²) in [5.41, 5.74) is -2.00. The number of rotatable bonds is 6. The summed E-state index contributed by atoms with van der Waals surface area (Å²) < 4.78 is 24.8. The molecule has 0 saturated carbocycles. The Bertz CT molecular complexity index is 1480. The first-order chi connectivity index (χ1) is 19.7. The predicted molar refractivity (Wildman–Crippen MR) is 150 cm³/mol. The molecule has 0 N–H and O–H groups in total. The SMILES string of the molecule is COC(=O)C1(Cc2nc(Cl)nc(N3CCN(C(=O)OC(C)(C)C)[C@@H](CC#N)C3)c2[N+](=O)[O-])CCc2c1ccc(F)c2Cl. The molecule has 224 valence electrons. The number of anilines is 1. The van der Waals surface area contributed by atoms with Crippen molar-refractivity contribution in [3.05, 3.63) is 55.2 Å². The third-order valence-electron chi connectivity index (χ3n) is 7.39. The third-order valence-corrected chi connectivity index (χ3v) is 7.97. The van der Waals surface area contributed by atoms with Crippen molar-refractivity contribution < 1.29 is 28.4 Å². The second kappa shape index (κ2) is 11.9. The van der Waals surface area contributed by atoms with Gasteiger partial charge in [-0.15, -0.1) is 0 Å². The number of nitriles is 1. The number of methoxy groups -OCH3 is 1. The number of esters is 1. The van der Waals surface area contributed by atoms with Crippen LogP contribution in [-0.4, -0.2) is 70.2 Å². The average molecular weight is 623 g/mol. The minimum atomic E-state index is -1.44. The first kappa shape index (κ1) is 31.2. The number of hydrogen-bond donors (Lipinski definition) is 0. The smallest absolute Gasteiger partial charge is 0.410 e. The number of carbonyl (C=O) groups is 2. The van der Waals surface area contributed by atoms with Gasteiger partial charge in [0.25, 0.3) is 0 Å². The van der Waals surface area contributed by atoms with Gasteiger partial charge < -0.3 is 19.3 Å². The third kappa shape index (κ3) is 5.91. The van der Waals surface area contributed by atoms with E-state index in [-0.39, 0.29) is 67.1 Å². The number of fused-ring (bicyclic) bond motifs is 1. The van der Waals surface area contributed by atoms with Gasteiger partial charge in [-0.25, -0.2) is 14.2 Å². The number of ether oxygens (including phenoxy) is 2. The second-order valence-corrected chi connectivity index (χ2v) is 11.9. The topological polar surface area (TPSA) is 152 Å². The lowest BCUT2D eigenvalue weighted by atomic mass is 9.77. The molecule has 2 aliphatic rings. The number of halogens is 3. The predicted octanol–water partition coefficient (Wildman–Crippen LogP) is 4.77. The van der Waals surface area contributed by atoms with Crippen LogP contribution in [-0.2, 0) is 32.5 Å². The Labute approximate surface area is 251 Å². The minimum Gasteiger partial charge on any atom is -0.468 e. The largest absolute Gasteiger partial charge is 0.468 e. The van der Waals surface area contributed by atoms with Gasteiger partial charge in [-0.1, -0.05) is 17.7 Å². The van der Waals surface area contributed by atoms with Gasteiger partial charge in [-0.05, 0) is 62.4 Å². The number of piperazine rings is 1. The van der Waals surface area contributed by atoms with Crippen LogP contribution >= 0.6 is 23.2 Å². The van der Waals surface area contributed by atoms with Crippen LogP contribution in [0.3, 0.4) is 0 Å². The fourth-order valence-corrected chi connectivity index (χ4v) is 6.03. The summed E-state index contributed by atoms with van der Waals surface area (Å²) in [6.07, 6.45) is -0.573. The zero-order chi connectivity index (χ0) is 31.0. The van der Waals surface area contributed by atoms with Gasteiger partial charge in [-0.2, -0.15) is 10.2 Å². The van der Waals surface area contributed by atoms with Gasteiger partial charge >= 0.3 is 17.7 Å². The molecule has 1 aromatic heterocycles. The van der Waals surface area contributed by atoms with Crippen LogP contribution in [0.2, 0.25) is 10.3 Å². The summed E-state index contributed by atoms with van der Waals surface area (Å²) in [6, 6.07) is 3.96. The minimum absolute atomic E-state index is 0.0281. The maximum absolute atomic E-state index is 14.2. The number of hydrogen-bond acceptors (Lipinski definition) is 10. The molecule has 1 aliphatic carbocycles. The number of carbonyl (C=O) groups excluding carboxylic acids is 2. The lowest BCUT2D eigenvalue weighted by molar-refractivity contribution is -0.385. The highest BCUT2D eigenvalue weighted by molar-refractivity contribution is 6.31. The number of nitrogens with zero attached hydrogens (tertiary/aromatic N) is 6. The number of nitro groups is 1. The Hall–Kier alpha value is -3.76. The van der Waals surface area contributed by atoms with Gasteiger partial charge in [-0.3, -0.25) is 14.9 Å². The maximum atomic E-state index is 14.2. The van der Waals surface area contributed by atoms with Crippen molar-refractivity contribution in [3.8, 4) is 6.07 Å². The zero-order valence-electron chi connectivity index (χ0n) is 23.4. The monoisotopic (exact) mass is 622 g/mol. The number of benzene rings is 1. The van der Waals surface area contributed by atoms with Crippen LogP contribution in [0.1, 0.15) is 50.4 Å². The molecule has 0 radical (unpaired) electrons. The summed E-state index contributed by atoms with van der Waals surface area (Å²) in [4.78, 5) is 49.3. The van der Waals surface area contributed by atoms with Gasteiger partial charge in [0, 0.05) is 26.1 Å². The summed E-state index contributed by atoms with van der Waals surface area (Å²) in [7, 11) is 1.19. The van der Waals surface area contributed by atoms with Gasteiger partial charge in [0.15, 0.2) is 0 Å². The van der Waals surface area contributed by atoms with E-state index >= 15 is 0 Å². The van der Waals surface area contributed by atoms with Crippen LogP contribution in [0.25, 0.3) is 0 Å². The quantitative estimate of drug-likeness (QED) is 0.190. The van der Waals surface area contributed by atoms with Crippen molar-refractivity contribution in [2.45, 2.75) is 63.5 Å². The molecule has 0 bridgehead atoms. The Morgan fingerprint density at radius 3 is 2.62 bits per heavy atom. The Morgan fingerprint density at radius 2 is 2.00 bits per heavy atom. The van der Waals surface area contributed by atoms with Crippen LogP contribution in [0, 0.1) is 27.3 Å². The average Bonchev–Trinajstić information content (AvgIpc) is 3.28. The highest BCUT2D eigenvalue weighted by Gasteiger charge is 2.50. The lowest BCUT2D eigenvalue weighted by Gasteiger charge is -2.41. The fourth-order valence-electron chi connectivity index (χ4n) is 5.59. The molecule has 15 heteroatoms. The molecular weight excluding hydrogens is 594 g/mol. The van der Waals surface area contributed by atoms with Gasteiger partial charge in [0.2, 0.25) is 11.1 Å². The van der Waals surface area contributed by atoms with E-state index in [9.17, 15) is 29.4 Å². The van der Waals surface area contributed by atoms with Crippen LogP contribution < -0.4 is 4.90 Å². The Kier molecular flexibility index (Phi) is 8.80. The Balaban J connectivity index is 1.76. The molecule has 2 heterocycles. The van der Waals surface area contributed by atoms with Crippen molar-refractivity contribution in [2.75, 3.05) is 31.6 Å². The number of aromatic nitrogens is 2. The summed E-state index contributed by atoms with van der Waals surface area (Å²) in [5.74, 6) is -1.45. The molecular formula is C27H29Cl2FN6O6. The molecule has 1 aliphatic heterocycles. The second-order valence-electron chi connectivity index (χ2n) is 11.1. The molecule has 1 fully saturated rings. The summed E-state index contributed by atoms with van der Waals surface area (Å²) >= 11 is 12.5.